The number of aliphatic hydroxyl groups is 1. The van der Waals surface area contributed by atoms with Gasteiger partial charge in [0.25, 0.3) is 0 Å². The van der Waals surface area contributed by atoms with E-state index in [-0.39, 0.29) is 12.1 Å². The monoisotopic (exact) mass is 255 g/mol. The molecule has 2 N–H and O–H groups in total. The van der Waals surface area contributed by atoms with E-state index in [0.29, 0.717) is 6.54 Å². The van der Waals surface area contributed by atoms with Gasteiger partial charge >= 0.3 is 0 Å². The average Bonchev–Trinajstić information content (AvgIpc) is 2.45. The minimum atomic E-state index is -0.331. The summed E-state index contributed by atoms with van der Waals surface area (Å²) in [5.74, 6) is 0. The molecule has 2 atom stereocenters. The maximum Gasteiger partial charge on any atom is 0.0636 e. The lowest BCUT2D eigenvalue weighted by molar-refractivity contribution is 0.186. The lowest BCUT2D eigenvalue weighted by Gasteiger charge is -2.20. The number of aliphatic hydroxyl groups excluding tert-OH is 1. The molecule has 2 aromatic rings. The molecule has 0 amide bonds. The maximum absolute atomic E-state index is 9.45. The Bertz CT molecular complexity index is 467. The third kappa shape index (κ3) is 4.51. The predicted octanol–water partition coefficient (Wildman–Crippen LogP) is 2.94. The number of benzene rings is 2. The summed E-state index contributed by atoms with van der Waals surface area (Å²) in [7, 11) is 0. The molecule has 0 fully saturated rings. The van der Waals surface area contributed by atoms with Crippen LogP contribution in [0.3, 0.4) is 0 Å². The third-order valence-corrected chi connectivity index (χ3v) is 3.14. The molecule has 0 spiro atoms. The highest BCUT2D eigenvalue weighted by atomic mass is 16.3. The fraction of sp³-hybridized carbons (Fsp3) is 0.294. The Morgan fingerprint density at radius 1 is 0.947 bits per heavy atom. The van der Waals surface area contributed by atoms with E-state index in [2.05, 4.69) is 53.8 Å². The lowest BCUT2D eigenvalue weighted by atomic mass is 9.99. The quantitative estimate of drug-likeness (QED) is 0.832. The van der Waals surface area contributed by atoms with Gasteiger partial charge in [-0.1, -0.05) is 60.7 Å². The van der Waals surface area contributed by atoms with Crippen molar-refractivity contribution in [3.8, 4) is 0 Å². The summed E-state index contributed by atoms with van der Waals surface area (Å²) in [6, 6.07) is 21.1. The minimum Gasteiger partial charge on any atom is -0.392 e. The van der Waals surface area contributed by atoms with E-state index in [1.807, 2.05) is 12.1 Å². The summed E-state index contributed by atoms with van der Waals surface area (Å²) < 4.78 is 0. The van der Waals surface area contributed by atoms with Crippen molar-refractivity contribution in [3.05, 3.63) is 71.8 Å². The molecule has 0 saturated carbocycles. The molecule has 2 nitrogen and oxygen atoms in total. The van der Waals surface area contributed by atoms with E-state index in [1.165, 1.54) is 11.1 Å². The molecule has 0 aliphatic carbocycles. The Balaban J connectivity index is 2.10. The molecule has 0 saturated heterocycles. The minimum absolute atomic E-state index is 0.234. The number of hydrogen-bond donors (Lipinski definition) is 2. The van der Waals surface area contributed by atoms with Crippen molar-refractivity contribution < 1.29 is 5.11 Å². The van der Waals surface area contributed by atoms with Gasteiger partial charge in [-0.3, -0.25) is 0 Å². The smallest absolute Gasteiger partial charge is 0.0636 e. The molecule has 0 bridgehead atoms. The van der Waals surface area contributed by atoms with Crippen LogP contribution >= 0.6 is 0 Å². The van der Waals surface area contributed by atoms with Gasteiger partial charge in [0, 0.05) is 12.6 Å². The second kappa shape index (κ2) is 7.07. The van der Waals surface area contributed by atoms with Crippen LogP contribution in [0, 0.1) is 0 Å². The summed E-state index contributed by atoms with van der Waals surface area (Å²) >= 11 is 0. The van der Waals surface area contributed by atoms with E-state index >= 15 is 0 Å². The molecular weight excluding hydrogens is 234 g/mol. The summed E-state index contributed by atoms with van der Waals surface area (Å²) in [5, 5.41) is 12.9. The van der Waals surface area contributed by atoms with E-state index < -0.39 is 0 Å². The molecule has 100 valence electrons. The van der Waals surface area contributed by atoms with E-state index in [1.54, 1.807) is 6.92 Å². The average molecular weight is 255 g/mol. The standard InChI is InChI=1S/C17H21NO/c1-14(19)13-18-17(16-10-6-3-7-11-16)12-15-8-4-2-5-9-15/h2-11,14,17-19H,12-13H2,1H3/t14-,17+/m1/s1. The summed E-state index contributed by atoms with van der Waals surface area (Å²) in [4.78, 5) is 0. The highest BCUT2D eigenvalue weighted by molar-refractivity contribution is 5.23. The molecule has 0 radical (unpaired) electrons. The third-order valence-electron chi connectivity index (χ3n) is 3.14. The van der Waals surface area contributed by atoms with Crippen molar-refractivity contribution in [2.24, 2.45) is 0 Å². The van der Waals surface area contributed by atoms with E-state index in [4.69, 9.17) is 0 Å². The van der Waals surface area contributed by atoms with Crippen LogP contribution in [0.1, 0.15) is 24.1 Å². The normalized spacial score (nSPS) is 14.0. The topological polar surface area (TPSA) is 32.3 Å². The van der Waals surface area contributed by atoms with Crippen molar-refractivity contribution in [2.45, 2.75) is 25.5 Å². The van der Waals surface area contributed by atoms with Crippen molar-refractivity contribution in [2.75, 3.05) is 6.54 Å². The predicted molar refractivity (Wildman–Crippen MR) is 79.0 cm³/mol. The van der Waals surface area contributed by atoms with Crippen molar-refractivity contribution >= 4 is 0 Å². The van der Waals surface area contributed by atoms with Crippen molar-refractivity contribution in [1.29, 1.82) is 0 Å². The van der Waals surface area contributed by atoms with Gasteiger partial charge in [-0.15, -0.1) is 0 Å². The fourth-order valence-electron chi connectivity index (χ4n) is 2.16. The molecule has 2 rings (SSSR count). The SMILES string of the molecule is C[C@@H](O)CN[C@@H](Cc1ccccc1)c1ccccc1. The zero-order chi connectivity index (χ0) is 13.5. The highest BCUT2D eigenvalue weighted by Crippen LogP contribution is 2.18. The van der Waals surface area contributed by atoms with E-state index in [0.717, 1.165) is 6.42 Å². The lowest BCUT2D eigenvalue weighted by Crippen LogP contribution is -2.30. The molecule has 19 heavy (non-hydrogen) atoms. The van der Waals surface area contributed by atoms with Crippen LogP contribution in [0.5, 0.6) is 0 Å². The molecular formula is C17H21NO. The molecule has 2 aromatic carbocycles. The first kappa shape index (κ1) is 13.8. The van der Waals surface area contributed by atoms with Crippen molar-refractivity contribution in [1.82, 2.24) is 5.32 Å². The van der Waals surface area contributed by atoms with Gasteiger partial charge in [-0.05, 0) is 24.5 Å². The first-order valence-corrected chi connectivity index (χ1v) is 6.76. The Hall–Kier alpha value is -1.64. The number of nitrogens with one attached hydrogen (secondary N) is 1. The summed E-state index contributed by atoms with van der Waals surface area (Å²) in [6.07, 6.45) is 0.597. The molecule has 0 heterocycles. The van der Waals surface area contributed by atoms with Crippen molar-refractivity contribution in [3.63, 3.8) is 0 Å². The number of rotatable bonds is 6. The van der Waals surface area contributed by atoms with Gasteiger partial charge in [0.15, 0.2) is 0 Å². The second-order valence-electron chi connectivity index (χ2n) is 4.91. The van der Waals surface area contributed by atoms with Crippen LogP contribution in [0.15, 0.2) is 60.7 Å². The first-order chi connectivity index (χ1) is 9.25. The largest absolute Gasteiger partial charge is 0.392 e. The fourth-order valence-corrected chi connectivity index (χ4v) is 2.16. The summed E-state index contributed by atoms with van der Waals surface area (Å²) in [5.41, 5.74) is 2.56. The zero-order valence-corrected chi connectivity index (χ0v) is 11.3. The van der Waals surface area contributed by atoms with Gasteiger partial charge in [-0.2, -0.15) is 0 Å². The van der Waals surface area contributed by atoms with Gasteiger partial charge in [-0.25, -0.2) is 0 Å². The van der Waals surface area contributed by atoms with Crippen LogP contribution in [0.25, 0.3) is 0 Å². The Morgan fingerprint density at radius 2 is 1.53 bits per heavy atom. The molecule has 2 heteroatoms. The van der Waals surface area contributed by atoms with E-state index in [9.17, 15) is 5.11 Å². The molecule has 0 aliphatic heterocycles. The molecule has 0 unspecified atom stereocenters. The molecule has 0 aromatic heterocycles. The van der Waals surface area contributed by atoms with Crippen LogP contribution < -0.4 is 5.32 Å². The summed E-state index contributed by atoms with van der Waals surface area (Å²) in [6.45, 7) is 2.41. The van der Waals surface area contributed by atoms with Crippen LogP contribution in [-0.2, 0) is 6.42 Å². The first-order valence-electron chi connectivity index (χ1n) is 6.76. The zero-order valence-electron chi connectivity index (χ0n) is 11.3. The Labute approximate surface area is 115 Å². The second-order valence-corrected chi connectivity index (χ2v) is 4.91. The van der Waals surface area contributed by atoms with Gasteiger partial charge in [0.05, 0.1) is 6.10 Å². The Morgan fingerprint density at radius 3 is 2.11 bits per heavy atom. The number of hydrogen-bond acceptors (Lipinski definition) is 2. The van der Waals surface area contributed by atoms with Gasteiger partial charge in [0.1, 0.15) is 0 Å². The van der Waals surface area contributed by atoms with Gasteiger partial charge in [0.2, 0.25) is 0 Å². The van der Waals surface area contributed by atoms with Crippen LogP contribution in [0.4, 0.5) is 0 Å². The van der Waals surface area contributed by atoms with Crippen LogP contribution in [-0.4, -0.2) is 17.8 Å². The molecule has 0 aliphatic rings. The van der Waals surface area contributed by atoms with Crippen LogP contribution in [0.2, 0.25) is 0 Å². The highest BCUT2D eigenvalue weighted by Gasteiger charge is 2.12. The Kier molecular flexibility index (Phi) is 5.13. The van der Waals surface area contributed by atoms with Gasteiger partial charge < -0.3 is 10.4 Å². The maximum atomic E-state index is 9.45.